The van der Waals surface area contributed by atoms with Crippen molar-refractivity contribution < 1.29 is 9.59 Å². The first kappa shape index (κ1) is 15.6. The van der Waals surface area contributed by atoms with Gasteiger partial charge in [-0.2, -0.15) is 10.0 Å². The lowest BCUT2D eigenvalue weighted by Crippen LogP contribution is -2.44. The van der Waals surface area contributed by atoms with E-state index in [4.69, 9.17) is 0 Å². The molecule has 1 aliphatic rings. The van der Waals surface area contributed by atoms with Crippen molar-refractivity contribution in [2.45, 2.75) is 13.8 Å². The third-order valence-electron chi connectivity index (χ3n) is 3.45. The number of hydrazone groups is 2. The van der Waals surface area contributed by atoms with Gasteiger partial charge in [0.25, 0.3) is 0 Å². The van der Waals surface area contributed by atoms with E-state index in [0.29, 0.717) is 22.8 Å². The topological polar surface area (TPSA) is 65.3 Å². The van der Waals surface area contributed by atoms with Gasteiger partial charge in [0.1, 0.15) is 0 Å². The number of carbonyl (C=O) groups excluding carboxylic acids is 2. The smallest absolute Gasteiger partial charge is 0.245 e. The van der Waals surface area contributed by atoms with Crippen LogP contribution in [0.25, 0.3) is 0 Å². The average Bonchev–Trinajstić information content (AvgIpc) is 2.62. The van der Waals surface area contributed by atoms with E-state index in [1.54, 1.807) is 0 Å². The molecular weight excluding hydrogens is 304 g/mol. The number of benzene rings is 2. The van der Waals surface area contributed by atoms with Crippen molar-refractivity contribution in [1.82, 2.24) is 10.0 Å². The van der Waals surface area contributed by atoms with Crippen molar-refractivity contribution in [2.24, 2.45) is 10.2 Å². The van der Waals surface area contributed by atoms with Crippen LogP contribution < -0.4 is 0 Å². The van der Waals surface area contributed by atoms with Gasteiger partial charge >= 0.3 is 0 Å². The highest BCUT2D eigenvalue weighted by atomic mass is 16.2. The third kappa shape index (κ3) is 2.94. The SMILES string of the molecule is CC(=O)N1N=C(c2ccccc2)N(C(C)=O)N=C1c1ccccc1. The van der Waals surface area contributed by atoms with E-state index >= 15 is 0 Å². The molecule has 2 aromatic rings. The zero-order valence-electron chi connectivity index (χ0n) is 13.4. The van der Waals surface area contributed by atoms with E-state index in [0.717, 1.165) is 0 Å². The first-order valence-electron chi connectivity index (χ1n) is 7.47. The Morgan fingerprint density at radius 2 is 1.00 bits per heavy atom. The predicted octanol–water partition coefficient (Wildman–Crippen LogP) is 2.42. The van der Waals surface area contributed by atoms with Gasteiger partial charge in [0.2, 0.25) is 11.8 Å². The van der Waals surface area contributed by atoms with Crippen LogP contribution in [-0.2, 0) is 9.59 Å². The fourth-order valence-electron chi connectivity index (χ4n) is 2.34. The molecule has 24 heavy (non-hydrogen) atoms. The van der Waals surface area contributed by atoms with E-state index in [-0.39, 0.29) is 11.8 Å². The summed E-state index contributed by atoms with van der Waals surface area (Å²) in [7, 11) is 0. The van der Waals surface area contributed by atoms with Crippen LogP contribution in [0.3, 0.4) is 0 Å². The van der Waals surface area contributed by atoms with Crippen LogP contribution >= 0.6 is 0 Å². The number of hydrogen-bond acceptors (Lipinski definition) is 4. The molecular formula is C18H16N4O2. The van der Waals surface area contributed by atoms with Crippen LogP contribution in [0.15, 0.2) is 70.9 Å². The maximum atomic E-state index is 12.1. The molecule has 6 nitrogen and oxygen atoms in total. The van der Waals surface area contributed by atoms with Crippen LogP contribution in [0.1, 0.15) is 25.0 Å². The molecule has 0 unspecified atom stereocenters. The standard InChI is InChI=1S/C18H16N4O2/c1-13(23)21-17(15-9-5-3-6-10-15)20-22(14(2)24)18(19-21)16-11-7-4-8-12-16/h3-12H,1-2H3. The molecule has 6 heteroatoms. The Bertz CT molecular complexity index is 757. The van der Waals surface area contributed by atoms with E-state index < -0.39 is 0 Å². The second-order valence-corrected chi connectivity index (χ2v) is 5.24. The van der Waals surface area contributed by atoms with E-state index in [1.807, 2.05) is 60.7 Å². The number of hydrogen-bond donors (Lipinski definition) is 0. The van der Waals surface area contributed by atoms with Gasteiger partial charge in [0.15, 0.2) is 11.7 Å². The lowest BCUT2D eigenvalue weighted by atomic mass is 10.2. The van der Waals surface area contributed by atoms with Crippen molar-refractivity contribution in [3.05, 3.63) is 71.8 Å². The lowest BCUT2D eigenvalue weighted by molar-refractivity contribution is -0.128. The largest absolute Gasteiger partial charge is 0.273 e. The Balaban J connectivity index is 2.13. The Kier molecular flexibility index (Phi) is 4.20. The minimum absolute atomic E-state index is 0.283. The highest BCUT2D eigenvalue weighted by Gasteiger charge is 2.29. The highest BCUT2D eigenvalue weighted by molar-refractivity contribution is 6.15. The van der Waals surface area contributed by atoms with Crippen LogP contribution in [-0.4, -0.2) is 33.5 Å². The first-order valence-corrected chi connectivity index (χ1v) is 7.47. The molecule has 0 aromatic heterocycles. The summed E-state index contributed by atoms with van der Waals surface area (Å²) in [6, 6.07) is 18.3. The van der Waals surface area contributed by atoms with Crippen LogP contribution in [0, 0.1) is 0 Å². The molecule has 0 atom stereocenters. The Morgan fingerprint density at radius 3 is 1.29 bits per heavy atom. The third-order valence-corrected chi connectivity index (χ3v) is 3.45. The van der Waals surface area contributed by atoms with Crippen molar-refractivity contribution in [3.8, 4) is 0 Å². The predicted molar refractivity (Wildman–Crippen MR) is 91.0 cm³/mol. The Morgan fingerprint density at radius 1 is 0.667 bits per heavy atom. The van der Waals surface area contributed by atoms with Crippen LogP contribution in [0.4, 0.5) is 0 Å². The lowest BCUT2D eigenvalue weighted by Gasteiger charge is -2.29. The van der Waals surface area contributed by atoms with Crippen molar-refractivity contribution in [2.75, 3.05) is 0 Å². The molecule has 0 saturated heterocycles. The molecule has 0 bridgehead atoms. The zero-order valence-corrected chi connectivity index (χ0v) is 13.4. The van der Waals surface area contributed by atoms with Crippen LogP contribution in [0.5, 0.6) is 0 Å². The molecule has 0 saturated carbocycles. The molecule has 0 aliphatic carbocycles. The quantitative estimate of drug-likeness (QED) is 0.853. The van der Waals surface area contributed by atoms with Crippen molar-refractivity contribution in [3.63, 3.8) is 0 Å². The number of rotatable bonds is 2. The van der Waals surface area contributed by atoms with Gasteiger partial charge in [-0.3, -0.25) is 9.59 Å². The van der Waals surface area contributed by atoms with Gasteiger partial charge in [-0.1, -0.05) is 60.7 Å². The Labute approximate surface area is 139 Å². The van der Waals surface area contributed by atoms with Gasteiger partial charge in [0.05, 0.1) is 0 Å². The minimum Gasteiger partial charge on any atom is -0.273 e. The summed E-state index contributed by atoms with van der Waals surface area (Å²) in [5, 5.41) is 11.2. The van der Waals surface area contributed by atoms with Crippen molar-refractivity contribution in [1.29, 1.82) is 0 Å². The van der Waals surface area contributed by atoms with Crippen LogP contribution in [0.2, 0.25) is 0 Å². The van der Waals surface area contributed by atoms with E-state index in [9.17, 15) is 9.59 Å². The summed E-state index contributed by atoms with van der Waals surface area (Å²) in [4.78, 5) is 24.1. The summed E-state index contributed by atoms with van der Waals surface area (Å²) >= 11 is 0. The highest BCUT2D eigenvalue weighted by Crippen LogP contribution is 2.18. The number of amides is 2. The number of amidine groups is 2. The normalized spacial score (nSPS) is 14.1. The second-order valence-electron chi connectivity index (χ2n) is 5.24. The van der Waals surface area contributed by atoms with Gasteiger partial charge in [-0.15, -0.1) is 10.2 Å². The Hall–Kier alpha value is -3.28. The molecule has 1 aliphatic heterocycles. The monoisotopic (exact) mass is 320 g/mol. The first-order chi connectivity index (χ1) is 11.6. The molecule has 0 N–H and O–H groups in total. The molecule has 120 valence electrons. The van der Waals surface area contributed by atoms with Gasteiger partial charge < -0.3 is 0 Å². The molecule has 1 heterocycles. The molecule has 0 radical (unpaired) electrons. The number of carbonyl (C=O) groups is 2. The summed E-state index contributed by atoms with van der Waals surface area (Å²) in [6.07, 6.45) is 0. The number of nitrogens with zero attached hydrogens (tertiary/aromatic N) is 4. The molecule has 0 spiro atoms. The van der Waals surface area contributed by atoms with Crippen molar-refractivity contribution >= 4 is 23.5 Å². The molecule has 0 fully saturated rings. The summed E-state index contributed by atoms with van der Waals surface area (Å²) in [5.74, 6) is 0.0689. The van der Waals surface area contributed by atoms with Gasteiger partial charge in [0, 0.05) is 25.0 Å². The minimum atomic E-state index is -0.283. The average molecular weight is 320 g/mol. The van der Waals surface area contributed by atoms with Gasteiger partial charge in [-0.25, -0.2) is 0 Å². The maximum absolute atomic E-state index is 12.1. The molecule has 3 rings (SSSR count). The summed E-state index contributed by atoms with van der Waals surface area (Å²) in [6.45, 7) is 2.82. The fourth-order valence-corrected chi connectivity index (χ4v) is 2.34. The summed E-state index contributed by atoms with van der Waals surface area (Å²) < 4.78 is 0. The molecule has 2 amide bonds. The van der Waals surface area contributed by atoms with E-state index in [2.05, 4.69) is 10.2 Å². The van der Waals surface area contributed by atoms with Gasteiger partial charge in [-0.05, 0) is 0 Å². The maximum Gasteiger partial charge on any atom is 0.245 e. The van der Waals surface area contributed by atoms with E-state index in [1.165, 1.54) is 23.9 Å². The molecule has 2 aromatic carbocycles. The summed E-state index contributed by atoms with van der Waals surface area (Å²) in [5.41, 5.74) is 1.41. The zero-order chi connectivity index (χ0) is 17.1. The second kappa shape index (κ2) is 6.45. The fraction of sp³-hybridized carbons (Fsp3) is 0.111.